The first kappa shape index (κ1) is 18.0. The molecule has 0 heterocycles. The summed E-state index contributed by atoms with van der Waals surface area (Å²) >= 11 is 0. The molecule has 1 amide bonds. The second-order valence-electron chi connectivity index (χ2n) is 5.15. The Hall–Kier alpha value is -3.35. The maximum absolute atomic E-state index is 11.9. The molecule has 0 aromatic heterocycles. The van der Waals surface area contributed by atoms with Crippen LogP contribution >= 0.6 is 0 Å². The van der Waals surface area contributed by atoms with Gasteiger partial charge in [0.05, 0.1) is 12.1 Å². The fraction of sp³-hybridized carbons (Fsp3) is 0.167. The number of nitrogens with one attached hydrogen (secondary N) is 1. The van der Waals surface area contributed by atoms with Crippen LogP contribution in [0.25, 0.3) is 10.8 Å². The molecular formula is C18H17NO6. The minimum absolute atomic E-state index is 0.00534. The van der Waals surface area contributed by atoms with Crippen LogP contribution in [0, 0.1) is 0 Å². The van der Waals surface area contributed by atoms with Crippen LogP contribution in [-0.4, -0.2) is 31.2 Å². The molecule has 2 aromatic rings. The molecule has 0 fully saturated rings. The molecule has 1 N–H and O–H groups in total. The normalized spacial score (nSPS) is 9.96. The molecular weight excluding hydrogens is 326 g/mol. The van der Waals surface area contributed by atoms with Gasteiger partial charge < -0.3 is 10.1 Å². The third kappa shape index (κ3) is 5.35. The Kier molecular flexibility index (Phi) is 6.11. The zero-order valence-electron chi connectivity index (χ0n) is 13.6. The first-order valence-corrected chi connectivity index (χ1v) is 7.45. The summed E-state index contributed by atoms with van der Waals surface area (Å²) in [5.41, 5.74) is 0.508. The number of carbonyl (C=O) groups excluding carboxylic acids is 3. The van der Waals surface area contributed by atoms with Crippen LogP contribution in [-0.2, 0) is 19.3 Å². The zero-order valence-corrected chi connectivity index (χ0v) is 13.6. The van der Waals surface area contributed by atoms with E-state index in [4.69, 9.17) is 4.74 Å². The quantitative estimate of drug-likeness (QED) is 0.295. The summed E-state index contributed by atoms with van der Waals surface area (Å²) in [6.07, 6.45) is -0.972. The first-order chi connectivity index (χ1) is 12.0. The average molecular weight is 343 g/mol. The van der Waals surface area contributed by atoms with Gasteiger partial charge in [-0.25, -0.2) is 24.2 Å². The summed E-state index contributed by atoms with van der Waals surface area (Å²) in [5.74, 6) is -1.35. The fourth-order valence-corrected chi connectivity index (χ4v) is 1.89. The number of benzene rings is 2. The monoisotopic (exact) mass is 343 g/mol. The number of rotatable bonds is 5. The van der Waals surface area contributed by atoms with E-state index >= 15 is 0 Å². The first-order valence-electron chi connectivity index (χ1n) is 7.45. The van der Waals surface area contributed by atoms with Gasteiger partial charge in [-0.05, 0) is 29.8 Å². The Morgan fingerprint density at radius 2 is 1.76 bits per heavy atom. The number of carbonyl (C=O) groups is 3. The molecule has 0 radical (unpaired) electrons. The third-order valence-corrected chi connectivity index (χ3v) is 3.13. The topological polar surface area (TPSA) is 90.9 Å². The van der Waals surface area contributed by atoms with Gasteiger partial charge in [-0.2, -0.15) is 0 Å². The van der Waals surface area contributed by atoms with Crippen LogP contribution in [0.2, 0.25) is 0 Å². The molecule has 7 heteroatoms. The highest BCUT2D eigenvalue weighted by molar-refractivity contribution is 5.95. The van der Waals surface area contributed by atoms with Gasteiger partial charge in [0.1, 0.15) is 6.61 Å². The highest BCUT2D eigenvalue weighted by Crippen LogP contribution is 2.16. The minimum Gasteiger partial charge on any atom is -0.460 e. The molecule has 0 unspecified atom stereocenters. The number of fused-ring (bicyclic) bond motifs is 1. The number of hydrogen-bond donors (Lipinski definition) is 1. The second kappa shape index (κ2) is 8.49. The van der Waals surface area contributed by atoms with Crippen molar-refractivity contribution >= 4 is 28.8 Å². The maximum atomic E-state index is 11.9. The molecule has 7 nitrogen and oxygen atoms in total. The van der Waals surface area contributed by atoms with Gasteiger partial charge in [0.2, 0.25) is 0 Å². The van der Waals surface area contributed by atoms with Gasteiger partial charge in [-0.1, -0.05) is 36.9 Å². The number of esters is 1. The Balaban J connectivity index is 1.76. The van der Waals surface area contributed by atoms with Crippen molar-refractivity contribution in [2.75, 3.05) is 13.2 Å². The maximum Gasteiger partial charge on any atom is 0.450 e. The van der Waals surface area contributed by atoms with Crippen molar-refractivity contribution in [1.29, 1.82) is 0 Å². The van der Waals surface area contributed by atoms with Gasteiger partial charge in [0.25, 0.3) is 0 Å². The van der Waals surface area contributed by atoms with Crippen LogP contribution in [0.15, 0.2) is 54.6 Å². The van der Waals surface area contributed by atoms with E-state index in [1.165, 1.54) is 6.92 Å². The van der Waals surface area contributed by atoms with Crippen LogP contribution < -0.4 is 5.32 Å². The van der Waals surface area contributed by atoms with E-state index in [9.17, 15) is 14.4 Å². The summed E-state index contributed by atoms with van der Waals surface area (Å²) in [6.45, 7) is 4.88. The van der Waals surface area contributed by atoms with Crippen molar-refractivity contribution in [3.8, 4) is 0 Å². The largest absolute Gasteiger partial charge is 0.460 e. The second-order valence-corrected chi connectivity index (χ2v) is 5.15. The van der Waals surface area contributed by atoms with E-state index in [1.807, 2.05) is 24.3 Å². The van der Waals surface area contributed by atoms with Crippen molar-refractivity contribution < 1.29 is 28.9 Å². The van der Waals surface area contributed by atoms with E-state index in [1.54, 1.807) is 18.2 Å². The molecule has 0 aliphatic rings. The van der Waals surface area contributed by atoms with Crippen LogP contribution in [0.4, 0.5) is 4.79 Å². The van der Waals surface area contributed by atoms with E-state index in [0.29, 0.717) is 0 Å². The Morgan fingerprint density at radius 1 is 1.04 bits per heavy atom. The molecule has 0 atom stereocenters. The summed E-state index contributed by atoms with van der Waals surface area (Å²) in [4.78, 5) is 43.2. The highest BCUT2D eigenvalue weighted by Gasteiger charge is 2.12. The van der Waals surface area contributed by atoms with Crippen LogP contribution in [0.1, 0.15) is 17.3 Å². The van der Waals surface area contributed by atoms with Crippen LogP contribution in [0.3, 0.4) is 0 Å². The Bertz CT molecular complexity index is 814. The Morgan fingerprint density at radius 3 is 2.48 bits per heavy atom. The third-order valence-electron chi connectivity index (χ3n) is 3.13. The lowest BCUT2D eigenvalue weighted by molar-refractivity contribution is -0.183. The lowest BCUT2D eigenvalue weighted by Crippen LogP contribution is -2.29. The van der Waals surface area contributed by atoms with Crippen molar-refractivity contribution in [3.63, 3.8) is 0 Å². The molecule has 0 saturated carbocycles. The summed E-state index contributed by atoms with van der Waals surface area (Å²) in [5, 5.41) is 4.10. The van der Waals surface area contributed by atoms with Gasteiger partial charge in [0.15, 0.2) is 0 Å². The van der Waals surface area contributed by atoms with E-state index in [0.717, 1.165) is 10.8 Å². The molecule has 130 valence electrons. The van der Waals surface area contributed by atoms with Crippen molar-refractivity contribution in [1.82, 2.24) is 5.32 Å². The molecule has 0 aliphatic heterocycles. The van der Waals surface area contributed by atoms with Gasteiger partial charge in [-0.15, -0.1) is 0 Å². The van der Waals surface area contributed by atoms with E-state index in [2.05, 4.69) is 21.7 Å². The standard InChI is InChI=1S/C18H17NO6/c1-12(2)16(20)23-10-9-19-18(22)25-24-17(21)15-8-7-13-5-3-4-6-14(13)11-15/h3-8,11H,1,9-10H2,2H3,(H,19,22). The van der Waals surface area contributed by atoms with Crippen molar-refractivity contribution in [3.05, 3.63) is 60.2 Å². The fourth-order valence-electron chi connectivity index (χ4n) is 1.89. The number of amides is 1. The summed E-state index contributed by atoms with van der Waals surface area (Å²) in [6, 6.07) is 12.5. The predicted octanol–water partition coefficient (Wildman–Crippen LogP) is 2.76. The molecule has 2 aromatic carbocycles. The predicted molar refractivity (Wildman–Crippen MR) is 89.6 cm³/mol. The average Bonchev–Trinajstić information content (AvgIpc) is 2.62. The SMILES string of the molecule is C=C(C)C(=O)OCCNC(=O)OOC(=O)c1ccc2ccccc2c1. The van der Waals surface area contributed by atoms with Crippen molar-refractivity contribution in [2.24, 2.45) is 0 Å². The molecule has 0 spiro atoms. The summed E-state index contributed by atoms with van der Waals surface area (Å²) in [7, 11) is 0. The summed E-state index contributed by atoms with van der Waals surface area (Å²) < 4.78 is 4.77. The molecule has 0 bridgehead atoms. The lowest BCUT2D eigenvalue weighted by Gasteiger charge is -2.07. The molecule has 2 rings (SSSR count). The van der Waals surface area contributed by atoms with E-state index < -0.39 is 18.0 Å². The molecule has 0 aliphatic carbocycles. The van der Waals surface area contributed by atoms with E-state index in [-0.39, 0.29) is 24.3 Å². The van der Waals surface area contributed by atoms with Gasteiger partial charge in [-0.3, -0.25) is 0 Å². The lowest BCUT2D eigenvalue weighted by atomic mass is 10.1. The minimum atomic E-state index is -0.972. The van der Waals surface area contributed by atoms with Gasteiger partial charge in [0, 0.05) is 5.57 Å². The number of ether oxygens (including phenoxy) is 1. The molecule has 25 heavy (non-hydrogen) atoms. The Labute approximate surface area is 144 Å². The molecule has 0 saturated heterocycles. The zero-order chi connectivity index (χ0) is 18.2. The highest BCUT2D eigenvalue weighted by atomic mass is 17.2. The smallest absolute Gasteiger partial charge is 0.450 e. The van der Waals surface area contributed by atoms with Gasteiger partial charge >= 0.3 is 18.0 Å². The van der Waals surface area contributed by atoms with Crippen LogP contribution in [0.5, 0.6) is 0 Å². The van der Waals surface area contributed by atoms with Crippen molar-refractivity contribution in [2.45, 2.75) is 6.92 Å². The number of hydrogen-bond acceptors (Lipinski definition) is 6.